The first-order valence-electron chi connectivity index (χ1n) is 6.98. The molecule has 0 bridgehead atoms. The van der Waals surface area contributed by atoms with Gasteiger partial charge in [-0.2, -0.15) is 0 Å². The number of carbonyl (C=O) groups excluding carboxylic acids is 1. The summed E-state index contributed by atoms with van der Waals surface area (Å²) in [5, 5.41) is 3.70. The van der Waals surface area contributed by atoms with Crippen LogP contribution >= 0.6 is 11.6 Å². The summed E-state index contributed by atoms with van der Waals surface area (Å²) in [6.45, 7) is 2.55. The van der Waals surface area contributed by atoms with Gasteiger partial charge >= 0.3 is 0 Å². The molecular weight excluding hydrogens is 276 g/mol. The minimum absolute atomic E-state index is 0.0227. The first kappa shape index (κ1) is 15.1. The number of aryl methyl sites for hydroxylation is 1. The molecule has 2 atom stereocenters. The monoisotopic (exact) mass is 296 g/mol. The molecule has 0 saturated heterocycles. The van der Waals surface area contributed by atoms with Gasteiger partial charge in [0.25, 0.3) is 5.91 Å². The summed E-state index contributed by atoms with van der Waals surface area (Å²) in [5.41, 5.74) is 6.63. The van der Waals surface area contributed by atoms with Crippen LogP contribution in [0.4, 0.5) is 0 Å². The molecule has 20 heavy (non-hydrogen) atoms. The number of carbonyl (C=O) groups is 1. The van der Waals surface area contributed by atoms with E-state index in [2.05, 4.69) is 5.32 Å². The average Bonchev–Trinajstić information content (AvgIpc) is 2.87. The molecule has 0 aliphatic heterocycles. The van der Waals surface area contributed by atoms with Crippen LogP contribution in [-0.4, -0.2) is 25.1 Å². The highest BCUT2D eigenvalue weighted by Gasteiger charge is 2.27. The van der Waals surface area contributed by atoms with Crippen molar-refractivity contribution >= 4 is 17.5 Å². The zero-order chi connectivity index (χ0) is 14.5. The molecule has 1 aliphatic rings. The lowest BCUT2D eigenvalue weighted by Gasteiger charge is -2.19. The van der Waals surface area contributed by atoms with E-state index in [1.54, 1.807) is 12.1 Å². The van der Waals surface area contributed by atoms with Gasteiger partial charge in [0.05, 0.1) is 0 Å². The second-order valence-electron chi connectivity index (χ2n) is 5.30. The zero-order valence-electron chi connectivity index (χ0n) is 11.7. The second kappa shape index (κ2) is 6.95. The first-order valence-corrected chi connectivity index (χ1v) is 7.36. The minimum atomic E-state index is -0.0945. The molecule has 1 amide bonds. The molecule has 2 unspecified atom stereocenters. The summed E-state index contributed by atoms with van der Waals surface area (Å²) in [5.74, 6) is 0.962. The first-order chi connectivity index (χ1) is 9.60. The highest BCUT2D eigenvalue weighted by atomic mass is 35.5. The van der Waals surface area contributed by atoms with E-state index in [1.807, 2.05) is 13.0 Å². The van der Waals surface area contributed by atoms with Gasteiger partial charge in [0.15, 0.2) is 6.61 Å². The van der Waals surface area contributed by atoms with E-state index in [4.69, 9.17) is 22.1 Å². The smallest absolute Gasteiger partial charge is 0.258 e. The summed E-state index contributed by atoms with van der Waals surface area (Å²) >= 11 is 5.94. The Bertz CT molecular complexity index is 479. The molecule has 1 fully saturated rings. The Morgan fingerprint density at radius 3 is 3.00 bits per heavy atom. The highest BCUT2D eigenvalue weighted by molar-refractivity contribution is 6.31. The van der Waals surface area contributed by atoms with Crippen LogP contribution in [0.25, 0.3) is 0 Å². The molecule has 1 aromatic rings. The molecular formula is C15H21ClN2O2. The van der Waals surface area contributed by atoms with Crippen LogP contribution in [0.2, 0.25) is 5.02 Å². The fourth-order valence-electron chi connectivity index (χ4n) is 2.61. The van der Waals surface area contributed by atoms with Crippen molar-refractivity contribution in [2.45, 2.75) is 32.2 Å². The van der Waals surface area contributed by atoms with Crippen LogP contribution in [0.5, 0.6) is 5.75 Å². The third-order valence-electron chi connectivity index (χ3n) is 3.81. The van der Waals surface area contributed by atoms with Gasteiger partial charge in [0.1, 0.15) is 5.75 Å². The third-order valence-corrected chi connectivity index (χ3v) is 4.23. The molecule has 1 saturated carbocycles. The van der Waals surface area contributed by atoms with Crippen molar-refractivity contribution < 1.29 is 9.53 Å². The number of hydrogen-bond donors (Lipinski definition) is 2. The van der Waals surface area contributed by atoms with Gasteiger partial charge in [-0.25, -0.2) is 0 Å². The Morgan fingerprint density at radius 1 is 1.50 bits per heavy atom. The number of nitrogens with two attached hydrogens (primary N) is 1. The number of nitrogens with one attached hydrogen (secondary N) is 1. The van der Waals surface area contributed by atoms with Crippen LogP contribution in [0.3, 0.4) is 0 Å². The molecule has 2 rings (SSSR count). The summed E-state index contributed by atoms with van der Waals surface area (Å²) < 4.78 is 5.48. The third kappa shape index (κ3) is 3.87. The Kier molecular flexibility index (Phi) is 5.26. The van der Waals surface area contributed by atoms with Crippen molar-refractivity contribution in [2.75, 3.05) is 13.2 Å². The molecule has 0 heterocycles. The lowest BCUT2D eigenvalue weighted by Crippen LogP contribution is -2.42. The number of ether oxygens (including phenoxy) is 1. The van der Waals surface area contributed by atoms with Gasteiger partial charge in [-0.1, -0.05) is 18.0 Å². The molecule has 110 valence electrons. The van der Waals surface area contributed by atoms with Crippen molar-refractivity contribution in [3.63, 3.8) is 0 Å². The maximum atomic E-state index is 11.9. The van der Waals surface area contributed by atoms with Crippen molar-refractivity contribution in [1.29, 1.82) is 0 Å². The summed E-state index contributed by atoms with van der Waals surface area (Å²) in [4.78, 5) is 11.9. The molecule has 0 spiro atoms. The Hall–Kier alpha value is -1.26. The number of benzene rings is 1. The van der Waals surface area contributed by atoms with Crippen molar-refractivity contribution in [3.8, 4) is 5.75 Å². The minimum Gasteiger partial charge on any atom is -0.484 e. The van der Waals surface area contributed by atoms with E-state index in [-0.39, 0.29) is 18.6 Å². The van der Waals surface area contributed by atoms with Crippen LogP contribution in [0.15, 0.2) is 18.2 Å². The van der Waals surface area contributed by atoms with Crippen LogP contribution < -0.4 is 15.8 Å². The summed E-state index contributed by atoms with van der Waals surface area (Å²) in [6.07, 6.45) is 3.23. The van der Waals surface area contributed by atoms with E-state index in [9.17, 15) is 4.79 Å². The van der Waals surface area contributed by atoms with E-state index < -0.39 is 0 Å². The van der Waals surface area contributed by atoms with Crippen LogP contribution in [0.1, 0.15) is 24.8 Å². The van der Waals surface area contributed by atoms with Gasteiger partial charge in [-0.3, -0.25) is 4.79 Å². The highest BCUT2D eigenvalue weighted by Crippen LogP contribution is 2.24. The fraction of sp³-hybridized carbons (Fsp3) is 0.533. The van der Waals surface area contributed by atoms with Gasteiger partial charge in [0.2, 0.25) is 0 Å². The van der Waals surface area contributed by atoms with Crippen LogP contribution in [0, 0.1) is 12.8 Å². The molecule has 1 aliphatic carbocycles. The lowest BCUT2D eigenvalue weighted by atomic mass is 10.0. The largest absolute Gasteiger partial charge is 0.484 e. The summed E-state index contributed by atoms with van der Waals surface area (Å²) in [7, 11) is 0. The number of halogens is 1. The maximum Gasteiger partial charge on any atom is 0.258 e. The van der Waals surface area contributed by atoms with Gasteiger partial charge in [-0.15, -0.1) is 0 Å². The zero-order valence-corrected chi connectivity index (χ0v) is 12.5. The molecule has 3 N–H and O–H groups in total. The lowest BCUT2D eigenvalue weighted by molar-refractivity contribution is -0.124. The number of amides is 1. The van der Waals surface area contributed by atoms with Gasteiger partial charge < -0.3 is 15.8 Å². The quantitative estimate of drug-likeness (QED) is 0.876. The van der Waals surface area contributed by atoms with Crippen molar-refractivity contribution in [1.82, 2.24) is 5.32 Å². The number of hydrogen-bond acceptors (Lipinski definition) is 3. The standard InChI is InChI=1S/C15H21ClN2O2/c1-10-7-12(5-6-13(10)16)20-9-15(19)18-14-4-2-3-11(14)8-17/h5-7,11,14H,2-4,8-9,17H2,1H3,(H,18,19). The molecule has 0 radical (unpaired) electrons. The molecule has 5 heteroatoms. The van der Waals surface area contributed by atoms with Crippen molar-refractivity contribution in [2.24, 2.45) is 11.7 Å². The Labute approximate surface area is 124 Å². The molecule has 0 aromatic heterocycles. The van der Waals surface area contributed by atoms with Gasteiger partial charge in [0, 0.05) is 11.1 Å². The van der Waals surface area contributed by atoms with E-state index in [0.29, 0.717) is 23.2 Å². The van der Waals surface area contributed by atoms with Crippen LogP contribution in [-0.2, 0) is 4.79 Å². The fourth-order valence-corrected chi connectivity index (χ4v) is 2.73. The second-order valence-corrected chi connectivity index (χ2v) is 5.71. The molecule has 1 aromatic carbocycles. The van der Waals surface area contributed by atoms with E-state index >= 15 is 0 Å². The SMILES string of the molecule is Cc1cc(OCC(=O)NC2CCCC2CN)ccc1Cl. The Balaban J connectivity index is 1.81. The topological polar surface area (TPSA) is 64.3 Å². The van der Waals surface area contributed by atoms with E-state index in [1.165, 1.54) is 0 Å². The van der Waals surface area contributed by atoms with E-state index in [0.717, 1.165) is 24.8 Å². The van der Waals surface area contributed by atoms with Crippen molar-refractivity contribution in [3.05, 3.63) is 28.8 Å². The van der Waals surface area contributed by atoms with Gasteiger partial charge in [-0.05, 0) is 56.0 Å². The molecule has 4 nitrogen and oxygen atoms in total. The summed E-state index contributed by atoms with van der Waals surface area (Å²) in [6, 6.07) is 5.56. The normalized spacial score (nSPS) is 21.8. The predicted octanol–water partition coefficient (Wildman–Crippen LogP) is 2.27. The number of rotatable bonds is 5. The predicted molar refractivity (Wildman–Crippen MR) is 80.0 cm³/mol. The average molecular weight is 297 g/mol. The maximum absolute atomic E-state index is 11.9. The Morgan fingerprint density at radius 2 is 2.30 bits per heavy atom.